The number of aromatic nitrogens is 1. The summed E-state index contributed by atoms with van der Waals surface area (Å²) in [6.45, 7) is 8.12. The Morgan fingerprint density at radius 1 is 1.04 bits per heavy atom. The predicted molar refractivity (Wildman–Crippen MR) is 92.4 cm³/mol. The van der Waals surface area contributed by atoms with Gasteiger partial charge in [-0.3, -0.25) is 0 Å². The predicted octanol–water partition coefficient (Wildman–Crippen LogP) is 1.83. The average Bonchev–Trinajstić information content (AvgIpc) is 3.22. The summed E-state index contributed by atoms with van der Waals surface area (Å²) in [5.41, 5.74) is 0. The average molecular weight is 386 g/mol. The summed E-state index contributed by atoms with van der Waals surface area (Å²) < 4.78 is 38.9. The van der Waals surface area contributed by atoms with Gasteiger partial charge in [0.15, 0.2) is 17.8 Å². The fourth-order valence-corrected chi connectivity index (χ4v) is 5.11. The molecule has 7 nitrogen and oxygen atoms in total. The first-order valence-corrected chi connectivity index (χ1v) is 9.87. The number of nitrogens with zero attached hydrogens (tertiary/aromatic N) is 1. The smallest absolute Gasteiger partial charge is 0.297 e. The van der Waals surface area contributed by atoms with E-state index in [0.29, 0.717) is 13.0 Å². The highest BCUT2D eigenvalue weighted by Crippen LogP contribution is 2.47. The van der Waals surface area contributed by atoms with Crippen molar-refractivity contribution in [3.8, 4) is 0 Å². The van der Waals surface area contributed by atoms with E-state index in [1.54, 1.807) is 18.4 Å². The Morgan fingerprint density at radius 3 is 2.31 bits per heavy atom. The Morgan fingerprint density at radius 2 is 1.73 bits per heavy atom. The summed E-state index contributed by atoms with van der Waals surface area (Å²) >= 11 is 1.60. The molecule has 0 saturated carbocycles. The number of aryl methyl sites for hydroxylation is 1. The number of hydrogen-bond acceptors (Lipinski definition) is 7. The fraction of sp³-hybridized carbons (Fsp3) is 0.833. The summed E-state index contributed by atoms with van der Waals surface area (Å²) in [6.07, 6.45) is 1.55. The number of fused-ring (bicyclic) bond motifs is 1. The molecule has 0 bridgehead atoms. The Kier molecular flexibility index (Phi) is 4.47. The highest BCUT2D eigenvalue weighted by Gasteiger charge is 2.61. The zero-order valence-corrected chi connectivity index (χ0v) is 17.0. The Bertz CT molecular complexity index is 676. The highest BCUT2D eigenvalue weighted by molar-refractivity contribution is 7.09. The molecule has 4 rings (SSSR count). The van der Waals surface area contributed by atoms with Gasteiger partial charge >= 0.3 is 0 Å². The van der Waals surface area contributed by atoms with Gasteiger partial charge in [0, 0.05) is 13.5 Å². The van der Waals surface area contributed by atoms with Crippen LogP contribution >= 0.6 is 11.3 Å². The van der Waals surface area contributed by atoms with E-state index < -0.39 is 17.4 Å². The van der Waals surface area contributed by atoms with Gasteiger partial charge in [0.1, 0.15) is 25.4 Å². The Hall–Kier alpha value is -0.610. The molecule has 0 spiro atoms. The van der Waals surface area contributed by atoms with Gasteiger partial charge in [0.25, 0.3) is 10.8 Å². The van der Waals surface area contributed by atoms with E-state index in [1.807, 2.05) is 50.9 Å². The molecule has 1 aromatic rings. The largest absolute Gasteiger partial charge is 0.348 e. The van der Waals surface area contributed by atoms with Gasteiger partial charge in [-0.05, 0) is 27.7 Å². The third kappa shape index (κ3) is 3.11. The number of hydrogen-bond donors (Lipinski definition) is 0. The van der Waals surface area contributed by atoms with Crippen molar-refractivity contribution in [2.24, 2.45) is 7.05 Å². The summed E-state index contributed by atoms with van der Waals surface area (Å²) in [5, 5.41) is 3.00. The van der Waals surface area contributed by atoms with Crippen LogP contribution in [-0.4, -0.2) is 49.7 Å². The summed E-state index contributed by atoms with van der Waals surface area (Å²) in [5.74, 6) is -2.22. The molecule has 8 heteroatoms. The molecule has 0 aliphatic carbocycles. The number of thiazole rings is 1. The van der Waals surface area contributed by atoms with Crippen LogP contribution in [0.4, 0.5) is 0 Å². The second kappa shape index (κ2) is 6.20. The molecule has 0 unspecified atom stereocenters. The van der Waals surface area contributed by atoms with E-state index in [4.69, 9.17) is 28.4 Å². The monoisotopic (exact) mass is 386 g/mol. The third-order valence-corrected chi connectivity index (χ3v) is 6.26. The van der Waals surface area contributed by atoms with Crippen molar-refractivity contribution in [2.75, 3.05) is 13.7 Å². The van der Waals surface area contributed by atoms with Crippen LogP contribution in [0.15, 0.2) is 11.6 Å². The minimum atomic E-state index is -0.908. The maximum atomic E-state index is 6.59. The van der Waals surface area contributed by atoms with E-state index in [0.717, 1.165) is 5.01 Å². The number of rotatable bonds is 3. The van der Waals surface area contributed by atoms with Gasteiger partial charge in [-0.25, -0.2) is 0 Å². The fourth-order valence-electron chi connectivity index (χ4n) is 4.12. The zero-order chi connectivity index (χ0) is 18.7. The minimum absolute atomic E-state index is 0.155. The van der Waals surface area contributed by atoms with Gasteiger partial charge in [-0.15, -0.1) is 0 Å². The first-order chi connectivity index (χ1) is 12.1. The van der Waals surface area contributed by atoms with Crippen molar-refractivity contribution < 1.29 is 33.0 Å². The molecule has 26 heavy (non-hydrogen) atoms. The summed E-state index contributed by atoms with van der Waals surface area (Å²) in [6, 6.07) is 0. The molecule has 0 N–H and O–H groups in total. The van der Waals surface area contributed by atoms with Crippen LogP contribution in [0, 0.1) is 0 Å². The van der Waals surface area contributed by atoms with E-state index in [9.17, 15) is 0 Å². The molecule has 3 fully saturated rings. The van der Waals surface area contributed by atoms with E-state index in [1.165, 1.54) is 0 Å². The van der Waals surface area contributed by atoms with Crippen molar-refractivity contribution in [3.63, 3.8) is 0 Å². The molecule has 3 aliphatic rings. The molecule has 0 amide bonds. The lowest BCUT2D eigenvalue weighted by atomic mass is 9.92. The molecule has 5 atom stereocenters. The molecule has 146 valence electrons. The van der Waals surface area contributed by atoms with Gasteiger partial charge in [-0.2, -0.15) is 4.57 Å². The van der Waals surface area contributed by atoms with Crippen LogP contribution in [0.2, 0.25) is 0 Å². The minimum Gasteiger partial charge on any atom is -0.348 e. The van der Waals surface area contributed by atoms with E-state index in [-0.39, 0.29) is 24.4 Å². The van der Waals surface area contributed by atoms with Crippen LogP contribution in [0.5, 0.6) is 0 Å². The number of ether oxygens (including phenoxy) is 6. The first-order valence-electron chi connectivity index (χ1n) is 8.99. The molecular formula is C18H28NO6S+. The van der Waals surface area contributed by atoms with E-state index >= 15 is 0 Å². The topological polar surface area (TPSA) is 59.3 Å². The first kappa shape index (κ1) is 18.7. The SMILES string of the molecule is CO[C@]1(c2scc[n+]2C)C[C@H]2OC(C)(C)O[C@H]2[C@@H]([C@H]2COC(C)(C)O2)O1. The molecule has 3 aliphatic heterocycles. The van der Waals surface area contributed by atoms with Gasteiger partial charge in [0.05, 0.1) is 18.1 Å². The second-order valence-electron chi connectivity index (χ2n) is 8.07. The lowest BCUT2D eigenvalue weighted by Crippen LogP contribution is -2.59. The maximum absolute atomic E-state index is 6.59. The molecule has 1 aromatic heterocycles. The lowest BCUT2D eigenvalue weighted by Gasteiger charge is -2.43. The van der Waals surface area contributed by atoms with Crippen molar-refractivity contribution in [3.05, 3.63) is 16.6 Å². The van der Waals surface area contributed by atoms with Crippen LogP contribution < -0.4 is 4.57 Å². The van der Waals surface area contributed by atoms with Crippen molar-refractivity contribution in [2.45, 2.75) is 75.9 Å². The third-order valence-electron chi connectivity index (χ3n) is 5.18. The quantitative estimate of drug-likeness (QED) is 0.739. The molecule has 4 heterocycles. The zero-order valence-electron chi connectivity index (χ0n) is 16.2. The van der Waals surface area contributed by atoms with Gasteiger partial charge in [-0.1, -0.05) is 11.3 Å². The molecule has 3 saturated heterocycles. The molecular weight excluding hydrogens is 358 g/mol. The normalized spacial score (nSPS) is 41.3. The molecule has 0 radical (unpaired) electrons. The van der Waals surface area contributed by atoms with Gasteiger partial charge < -0.3 is 28.4 Å². The number of methoxy groups -OCH3 is 1. The Balaban J connectivity index is 1.70. The van der Waals surface area contributed by atoms with Crippen molar-refractivity contribution >= 4 is 11.3 Å². The van der Waals surface area contributed by atoms with Crippen LogP contribution in [0.25, 0.3) is 0 Å². The Labute approximate surface area is 158 Å². The van der Waals surface area contributed by atoms with Gasteiger partial charge in [0.2, 0.25) is 0 Å². The van der Waals surface area contributed by atoms with Crippen molar-refractivity contribution in [1.29, 1.82) is 0 Å². The lowest BCUT2D eigenvalue weighted by molar-refractivity contribution is -0.687. The van der Waals surface area contributed by atoms with Crippen LogP contribution in [0.1, 0.15) is 39.1 Å². The summed E-state index contributed by atoms with van der Waals surface area (Å²) in [7, 11) is 3.67. The maximum Gasteiger partial charge on any atom is 0.297 e. The van der Waals surface area contributed by atoms with Crippen molar-refractivity contribution in [1.82, 2.24) is 0 Å². The standard InChI is InChI=1S/C18H28NO6S/c1-16(2)21-10-12(23-16)14-13-11(22-17(3,4)24-13)9-18(20-6,25-14)15-19(5)7-8-26-15/h7-8,11-14H,9-10H2,1-6H3/q+1/t11-,12-,13-,14-,18-/m1/s1. The summed E-state index contributed by atoms with van der Waals surface area (Å²) in [4.78, 5) is 0. The highest BCUT2D eigenvalue weighted by atomic mass is 32.1. The second-order valence-corrected chi connectivity index (χ2v) is 8.96. The van der Waals surface area contributed by atoms with Crippen LogP contribution in [0.3, 0.4) is 0 Å². The molecule has 0 aromatic carbocycles. The van der Waals surface area contributed by atoms with Crippen LogP contribution in [-0.2, 0) is 41.3 Å². The van der Waals surface area contributed by atoms with E-state index in [2.05, 4.69) is 0 Å².